The molecule has 1 N–H and O–H groups in total. The first-order valence-corrected chi connectivity index (χ1v) is 8.56. The van der Waals surface area contributed by atoms with Crippen molar-refractivity contribution in [2.75, 3.05) is 27.4 Å². The molecule has 1 heterocycles. The molecule has 2 aromatic carbocycles. The van der Waals surface area contributed by atoms with Crippen molar-refractivity contribution in [1.82, 2.24) is 4.90 Å². The highest BCUT2D eigenvalue weighted by atomic mass is 16.5. The second kappa shape index (κ2) is 7.66. The van der Waals surface area contributed by atoms with E-state index in [0.717, 1.165) is 36.6 Å². The molecule has 134 valence electrons. The molecule has 0 aliphatic carbocycles. The number of benzene rings is 2. The summed E-state index contributed by atoms with van der Waals surface area (Å²) in [5.41, 5.74) is 3.42. The SMILES string of the molecule is CCOc1cccc(CN2CCc3cc(OC)c(OC)cc3C2)c1O. The highest BCUT2D eigenvalue weighted by Crippen LogP contribution is 2.35. The molecule has 3 rings (SSSR count). The summed E-state index contributed by atoms with van der Waals surface area (Å²) in [5.74, 6) is 2.31. The molecule has 0 spiro atoms. The second-order valence-electron chi connectivity index (χ2n) is 6.13. The average Bonchev–Trinajstić information content (AvgIpc) is 2.64. The minimum Gasteiger partial charge on any atom is -0.504 e. The fraction of sp³-hybridized carbons (Fsp3) is 0.400. The molecule has 25 heavy (non-hydrogen) atoms. The number of methoxy groups -OCH3 is 2. The fourth-order valence-corrected chi connectivity index (χ4v) is 3.28. The first-order chi connectivity index (χ1) is 12.2. The van der Waals surface area contributed by atoms with Crippen LogP contribution < -0.4 is 14.2 Å². The number of ether oxygens (including phenoxy) is 3. The summed E-state index contributed by atoms with van der Waals surface area (Å²) in [6, 6.07) is 9.79. The van der Waals surface area contributed by atoms with E-state index in [9.17, 15) is 5.11 Å². The van der Waals surface area contributed by atoms with E-state index < -0.39 is 0 Å². The van der Waals surface area contributed by atoms with Crippen LogP contribution in [0.4, 0.5) is 0 Å². The summed E-state index contributed by atoms with van der Waals surface area (Å²) in [4.78, 5) is 2.32. The number of hydrogen-bond donors (Lipinski definition) is 1. The first-order valence-electron chi connectivity index (χ1n) is 8.56. The Bertz CT molecular complexity index is 745. The van der Waals surface area contributed by atoms with Gasteiger partial charge in [-0.25, -0.2) is 0 Å². The van der Waals surface area contributed by atoms with E-state index in [0.29, 0.717) is 18.9 Å². The third kappa shape index (κ3) is 3.66. The Hall–Kier alpha value is -2.40. The van der Waals surface area contributed by atoms with Gasteiger partial charge in [-0.3, -0.25) is 4.90 Å². The lowest BCUT2D eigenvalue weighted by atomic mass is 9.98. The van der Waals surface area contributed by atoms with Gasteiger partial charge < -0.3 is 19.3 Å². The number of phenolic OH excluding ortho intramolecular Hbond substituents is 1. The van der Waals surface area contributed by atoms with Crippen LogP contribution in [-0.4, -0.2) is 37.4 Å². The molecule has 5 nitrogen and oxygen atoms in total. The van der Waals surface area contributed by atoms with Crippen LogP contribution in [0.2, 0.25) is 0 Å². The molecule has 0 saturated heterocycles. The minimum absolute atomic E-state index is 0.238. The average molecular weight is 343 g/mol. The molecule has 0 aromatic heterocycles. The summed E-state index contributed by atoms with van der Waals surface area (Å²) in [6.07, 6.45) is 0.946. The maximum absolute atomic E-state index is 10.4. The lowest BCUT2D eigenvalue weighted by molar-refractivity contribution is 0.239. The number of hydrogen-bond acceptors (Lipinski definition) is 5. The van der Waals surface area contributed by atoms with Crippen molar-refractivity contribution in [1.29, 1.82) is 0 Å². The monoisotopic (exact) mass is 343 g/mol. The van der Waals surface area contributed by atoms with Gasteiger partial charge in [0.1, 0.15) is 0 Å². The summed E-state index contributed by atoms with van der Waals surface area (Å²) in [7, 11) is 3.32. The van der Waals surface area contributed by atoms with E-state index in [-0.39, 0.29) is 5.75 Å². The van der Waals surface area contributed by atoms with Crippen molar-refractivity contribution >= 4 is 0 Å². The van der Waals surface area contributed by atoms with E-state index in [2.05, 4.69) is 17.0 Å². The summed E-state index contributed by atoms with van der Waals surface area (Å²) >= 11 is 0. The van der Waals surface area contributed by atoms with Gasteiger partial charge in [-0.2, -0.15) is 0 Å². The Morgan fingerprint density at radius 3 is 2.44 bits per heavy atom. The Morgan fingerprint density at radius 2 is 1.76 bits per heavy atom. The van der Waals surface area contributed by atoms with Crippen LogP contribution in [0.5, 0.6) is 23.0 Å². The molecule has 1 aliphatic heterocycles. The topological polar surface area (TPSA) is 51.2 Å². The molecule has 0 radical (unpaired) electrons. The molecule has 0 saturated carbocycles. The molecule has 0 atom stereocenters. The van der Waals surface area contributed by atoms with Gasteiger partial charge in [-0.1, -0.05) is 12.1 Å². The van der Waals surface area contributed by atoms with Crippen molar-refractivity contribution in [3.05, 3.63) is 47.0 Å². The Morgan fingerprint density at radius 1 is 1.04 bits per heavy atom. The van der Waals surface area contributed by atoms with E-state index >= 15 is 0 Å². The Kier molecular flexibility index (Phi) is 5.34. The molecule has 1 aliphatic rings. The second-order valence-corrected chi connectivity index (χ2v) is 6.13. The number of phenols is 1. The zero-order valence-electron chi connectivity index (χ0n) is 15.0. The van der Waals surface area contributed by atoms with E-state index in [1.165, 1.54) is 11.1 Å². The van der Waals surface area contributed by atoms with E-state index in [1.807, 2.05) is 19.1 Å². The molecule has 0 fully saturated rings. The predicted octanol–water partition coefficient (Wildman–Crippen LogP) is 3.37. The maximum Gasteiger partial charge on any atom is 0.162 e. The van der Waals surface area contributed by atoms with E-state index in [4.69, 9.17) is 14.2 Å². The quantitative estimate of drug-likeness (QED) is 0.871. The van der Waals surface area contributed by atoms with Crippen LogP contribution in [0.1, 0.15) is 23.6 Å². The molecular formula is C20H25NO4. The third-order valence-electron chi connectivity index (χ3n) is 4.57. The van der Waals surface area contributed by atoms with E-state index in [1.54, 1.807) is 20.3 Å². The van der Waals surface area contributed by atoms with Crippen LogP contribution in [-0.2, 0) is 19.5 Å². The van der Waals surface area contributed by atoms with Gasteiger partial charge in [0.25, 0.3) is 0 Å². The van der Waals surface area contributed by atoms with Crippen molar-refractivity contribution in [3.8, 4) is 23.0 Å². The zero-order valence-corrected chi connectivity index (χ0v) is 15.0. The van der Waals surface area contributed by atoms with Crippen molar-refractivity contribution in [2.24, 2.45) is 0 Å². The van der Waals surface area contributed by atoms with Crippen LogP contribution in [0, 0.1) is 0 Å². The van der Waals surface area contributed by atoms with Crippen LogP contribution in [0.15, 0.2) is 30.3 Å². The first kappa shape index (κ1) is 17.4. The third-order valence-corrected chi connectivity index (χ3v) is 4.57. The van der Waals surface area contributed by atoms with Crippen molar-refractivity contribution < 1.29 is 19.3 Å². The lowest BCUT2D eigenvalue weighted by Gasteiger charge is -2.29. The zero-order chi connectivity index (χ0) is 17.8. The molecule has 0 unspecified atom stereocenters. The normalized spacial score (nSPS) is 14.0. The maximum atomic E-state index is 10.4. The number of rotatable bonds is 6. The van der Waals surface area contributed by atoms with Crippen molar-refractivity contribution in [3.63, 3.8) is 0 Å². The number of aromatic hydroxyl groups is 1. The fourth-order valence-electron chi connectivity index (χ4n) is 3.28. The van der Waals surface area contributed by atoms with Gasteiger partial charge in [0.15, 0.2) is 23.0 Å². The Balaban J connectivity index is 1.78. The predicted molar refractivity (Wildman–Crippen MR) is 96.6 cm³/mol. The number of nitrogens with zero attached hydrogens (tertiary/aromatic N) is 1. The van der Waals surface area contributed by atoms with Gasteiger partial charge >= 0.3 is 0 Å². The molecule has 5 heteroatoms. The standard InChI is InChI=1S/C20H25NO4/c1-4-25-17-7-5-6-15(20(17)22)12-21-9-8-14-10-18(23-2)19(24-3)11-16(14)13-21/h5-7,10-11,22H,4,8-9,12-13H2,1-3H3. The van der Waals surface area contributed by atoms with Gasteiger partial charge in [0, 0.05) is 25.2 Å². The van der Waals surface area contributed by atoms with Gasteiger partial charge in [-0.15, -0.1) is 0 Å². The highest BCUT2D eigenvalue weighted by molar-refractivity contribution is 5.49. The summed E-state index contributed by atoms with van der Waals surface area (Å²) < 4.78 is 16.3. The van der Waals surface area contributed by atoms with Gasteiger partial charge in [0.05, 0.1) is 20.8 Å². The van der Waals surface area contributed by atoms with Crippen LogP contribution in [0.25, 0.3) is 0 Å². The number of fused-ring (bicyclic) bond motifs is 1. The molecule has 0 amide bonds. The van der Waals surface area contributed by atoms with Crippen molar-refractivity contribution in [2.45, 2.75) is 26.4 Å². The smallest absolute Gasteiger partial charge is 0.162 e. The molecule has 2 aromatic rings. The lowest BCUT2D eigenvalue weighted by Crippen LogP contribution is -2.30. The molecular weight excluding hydrogens is 318 g/mol. The largest absolute Gasteiger partial charge is 0.504 e. The number of para-hydroxylation sites is 1. The highest BCUT2D eigenvalue weighted by Gasteiger charge is 2.21. The van der Waals surface area contributed by atoms with Gasteiger partial charge in [-0.05, 0) is 42.7 Å². The minimum atomic E-state index is 0.238. The van der Waals surface area contributed by atoms with Crippen LogP contribution in [0.3, 0.4) is 0 Å². The summed E-state index contributed by atoms with van der Waals surface area (Å²) in [5, 5.41) is 10.4. The van der Waals surface area contributed by atoms with Crippen LogP contribution >= 0.6 is 0 Å². The molecule has 0 bridgehead atoms. The Labute approximate surface area is 148 Å². The summed E-state index contributed by atoms with van der Waals surface area (Å²) in [6.45, 7) is 4.88. The van der Waals surface area contributed by atoms with Gasteiger partial charge in [0.2, 0.25) is 0 Å².